The Bertz CT molecular complexity index is 1150. The van der Waals surface area contributed by atoms with E-state index in [1.807, 2.05) is 42.5 Å². The molecule has 4 aromatic rings. The van der Waals surface area contributed by atoms with Crippen LogP contribution in [0.2, 0.25) is 0 Å². The second-order valence-corrected chi connectivity index (χ2v) is 6.41. The van der Waals surface area contributed by atoms with Gasteiger partial charge in [-0.15, -0.1) is 0 Å². The molecule has 0 saturated carbocycles. The van der Waals surface area contributed by atoms with Crippen molar-refractivity contribution >= 4 is 22.5 Å². The highest BCUT2D eigenvalue weighted by atomic mass is 16.5. The highest BCUT2D eigenvalue weighted by Crippen LogP contribution is 2.23. The van der Waals surface area contributed by atoms with Gasteiger partial charge in [0.15, 0.2) is 0 Å². The Kier molecular flexibility index (Phi) is 4.67. The summed E-state index contributed by atoms with van der Waals surface area (Å²) in [5.74, 6) is 1.86. The molecule has 4 rings (SSSR count). The van der Waals surface area contributed by atoms with E-state index >= 15 is 0 Å². The molecule has 0 spiro atoms. The fourth-order valence-corrected chi connectivity index (χ4v) is 3.07. The van der Waals surface area contributed by atoms with Crippen molar-refractivity contribution in [2.45, 2.75) is 13.1 Å². The molecule has 0 fully saturated rings. The summed E-state index contributed by atoms with van der Waals surface area (Å²) in [5, 5.41) is 0. The lowest BCUT2D eigenvalue weighted by Crippen LogP contribution is -2.23. The number of hydrogen-bond acceptors (Lipinski definition) is 6. The van der Waals surface area contributed by atoms with Crippen LogP contribution in [0.1, 0.15) is 11.4 Å². The van der Waals surface area contributed by atoms with Crippen molar-refractivity contribution in [3.8, 4) is 5.75 Å². The number of methoxy groups -OCH3 is 1. The Morgan fingerprint density at radius 1 is 1.04 bits per heavy atom. The van der Waals surface area contributed by atoms with Gasteiger partial charge in [0.2, 0.25) is 0 Å². The summed E-state index contributed by atoms with van der Waals surface area (Å²) in [5.41, 5.74) is 9.13. The molecule has 0 aliphatic heterocycles. The molecule has 0 aliphatic carbocycles. The maximum Gasteiger partial charge on any atom is 0.323 e. The molecule has 8 nitrogen and oxygen atoms in total. The SMILES string of the molecule is COc1ccc(CN(Cc2nccc(N)n2)c2ccc3[nH]c(=O)[nH]c3c2)cc1. The summed E-state index contributed by atoms with van der Waals surface area (Å²) < 4.78 is 5.23. The van der Waals surface area contributed by atoms with Gasteiger partial charge in [-0.25, -0.2) is 14.8 Å². The first-order valence-corrected chi connectivity index (χ1v) is 8.78. The third-order valence-electron chi connectivity index (χ3n) is 4.46. The van der Waals surface area contributed by atoms with Gasteiger partial charge >= 0.3 is 5.69 Å². The van der Waals surface area contributed by atoms with E-state index in [1.54, 1.807) is 19.4 Å². The van der Waals surface area contributed by atoms with Gasteiger partial charge in [-0.2, -0.15) is 0 Å². The smallest absolute Gasteiger partial charge is 0.323 e. The second kappa shape index (κ2) is 7.43. The number of nitrogen functional groups attached to an aromatic ring is 1. The first kappa shape index (κ1) is 17.6. The molecule has 0 aliphatic rings. The number of rotatable bonds is 6. The molecule has 28 heavy (non-hydrogen) atoms. The zero-order valence-electron chi connectivity index (χ0n) is 15.3. The van der Waals surface area contributed by atoms with Crippen LogP contribution in [0.25, 0.3) is 11.0 Å². The largest absolute Gasteiger partial charge is 0.497 e. The Hall–Kier alpha value is -3.81. The van der Waals surface area contributed by atoms with E-state index in [2.05, 4.69) is 24.8 Å². The topological polar surface area (TPSA) is 113 Å². The number of benzene rings is 2. The fraction of sp³-hybridized carbons (Fsp3) is 0.150. The summed E-state index contributed by atoms with van der Waals surface area (Å²) >= 11 is 0. The lowest BCUT2D eigenvalue weighted by atomic mass is 10.1. The predicted molar refractivity (Wildman–Crippen MR) is 108 cm³/mol. The van der Waals surface area contributed by atoms with Crippen LogP contribution in [-0.2, 0) is 13.1 Å². The zero-order chi connectivity index (χ0) is 19.5. The molecule has 0 unspecified atom stereocenters. The van der Waals surface area contributed by atoms with Crippen molar-refractivity contribution in [2.24, 2.45) is 0 Å². The highest BCUT2D eigenvalue weighted by molar-refractivity contribution is 5.79. The van der Waals surface area contributed by atoms with E-state index in [0.717, 1.165) is 28.0 Å². The van der Waals surface area contributed by atoms with Crippen molar-refractivity contribution in [1.29, 1.82) is 0 Å². The summed E-state index contributed by atoms with van der Waals surface area (Å²) in [4.78, 5) is 27.9. The first-order chi connectivity index (χ1) is 13.6. The number of fused-ring (bicyclic) bond motifs is 1. The second-order valence-electron chi connectivity index (χ2n) is 6.41. The van der Waals surface area contributed by atoms with E-state index in [4.69, 9.17) is 10.5 Å². The van der Waals surface area contributed by atoms with Gasteiger partial charge < -0.3 is 25.3 Å². The van der Waals surface area contributed by atoms with Crippen LogP contribution >= 0.6 is 0 Å². The summed E-state index contributed by atoms with van der Waals surface area (Å²) in [6, 6.07) is 15.3. The number of ether oxygens (including phenoxy) is 1. The number of aromatic amines is 2. The summed E-state index contributed by atoms with van der Waals surface area (Å²) in [6.45, 7) is 1.10. The highest BCUT2D eigenvalue weighted by Gasteiger charge is 2.12. The molecular weight excluding hydrogens is 356 g/mol. The molecule has 0 atom stereocenters. The van der Waals surface area contributed by atoms with Crippen molar-refractivity contribution in [1.82, 2.24) is 19.9 Å². The molecule has 8 heteroatoms. The van der Waals surface area contributed by atoms with E-state index in [1.165, 1.54) is 0 Å². The monoisotopic (exact) mass is 376 g/mol. The molecule has 2 aromatic heterocycles. The number of imidazole rings is 1. The minimum atomic E-state index is -0.229. The van der Waals surface area contributed by atoms with Gasteiger partial charge in [0.1, 0.15) is 17.4 Å². The number of hydrogen-bond donors (Lipinski definition) is 3. The fourth-order valence-electron chi connectivity index (χ4n) is 3.07. The molecular formula is C20H20N6O2. The van der Waals surface area contributed by atoms with Crippen molar-refractivity contribution in [3.05, 3.63) is 76.6 Å². The van der Waals surface area contributed by atoms with Gasteiger partial charge in [0, 0.05) is 18.4 Å². The molecule has 0 amide bonds. The van der Waals surface area contributed by atoms with Crippen LogP contribution in [0.3, 0.4) is 0 Å². The van der Waals surface area contributed by atoms with E-state index in [0.29, 0.717) is 24.7 Å². The number of H-pyrrole nitrogens is 2. The Labute approximate surface area is 161 Å². The number of nitrogens with two attached hydrogens (primary N) is 1. The normalized spacial score (nSPS) is 10.9. The van der Waals surface area contributed by atoms with Gasteiger partial charge in [0.05, 0.1) is 24.7 Å². The van der Waals surface area contributed by atoms with Crippen LogP contribution in [-0.4, -0.2) is 27.0 Å². The van der Waals surface area contributed by atoms with Crippen LogP contribution in [0.15, 0.2) is 59.5 Å². The van der Waals surface area contributed by atoms with Gasteiger partial charge in [-0.05, 0) is 42.0 Å². The Morgan fingerprint density at radius 2 is 1.82 bits per heavy atom. The predicted octanol–water partition coefficient (Wildman–Crippen LogP) is 2.44. The van der Waals surface area contributed by atoms with Crippen LogP contribution < -0.4 is 21.1 Å². The minimum absolute atomic E-state index is 0.229. The van der Waals surface area contributed by atoms with Gasteiger partial charge in [-0.3, -0.25) is 0 Å². The van der Waals surface area contributed by atoms with Crippen LogP contribution in [0.4, 0.5) is 11.5 Å². The van der Waals surface area contributed by atoms with E-state index < -0.39 is 0 Å². The lowest BCUT2D eigenvalue weighted by Gasteiger charge is -2.24. The summed E-state index contributed by atoms with van der Waals surface area (Å²) in [6.07, 6.45) is 1.65. The number of nitrogens with one attached hydrogen (secondary N) is 2. The Balaban J connectivity index is 1.68. The van der Waals surface area contributed by atoms with E-state index in [9.17, 15) is 4.79 Å². The molecule has 2 aromatic carbocycles. The minimum Gasteiger partial charge on any atom is -0.497 e. The van der Waals surface area contributed by atoms with Gasteiger partial charge in [-0.1, -0.05) is 12.1 Å². The first-order valence-electron chi connectivity index (χ1n) is 8.78. The molecule has 4 N–H and O–H groups in total. The summed E-state index contributed by atoms with van der Waals surface area (Å²) in [7, 11) is 1.64. The average molecular weight is 376 g/mol. The quantitative estimate of drug-likeness (QED) is 0.476. The third kappa shape index (κ3) is 3.80. The van der Waals surface area contributed by atoms with Gasteiger partial charge in [0.25, 0.3) is 0 Å². The average Bonchev–Trinajstić information content (AvgIpc) is 3.07. The third-order valence-corrected chi connectivity index (χ3v) is 4.46. The molecule has 2 heterocycles. The maximum absolute atomic E-state index is 11.6. The Morgan fingerprint density at radius 3 is 2.57 bits per heavy atom. The number of nitrogens with zero attached hydrogens (tertiary/aromatic N) is 3. The maximum atomic E-state index is 11.6. The number of aromatic nitrogens is 4. The van der Waals surface area contributed by atoms with Crippen LogP contribution in [0.5, 0.6) is 5.75 Å². The van der Waals surface area contributed by atoms with Crippen LogP contribution in [0, 0.1) is 0 Å². The molecule has 0 bridgehead atoms. The molecule has 0 saturated heterocycles. The van der Waals surface area contributed by atoms with Crippen molar-refractivity contribution in [2.75, 3.05) is 17.7 Å². The van der Waals surface area contributed by atoms with Crippen molar-refractivity contribution < 1.29 is 4.74 Å². The standard InChI is InChI=1S/C20H20N6O2/c1-28-15-5-2-13(3-6-15)11-26(12-19-22-9-8-18(21)25-19)14-4-7-16-17(10-14)24-20(27)23-16/h2-10H,11-12H2,1H3,(H2,21,22,25)(H2,23,24,27). The number of anilines is 2. The van der Waals surface area contributed by atoms with E-state index in [-0.39, 0.29) is 5.69 Å². The molecule has 0 radical (unpaired) electrons. The zero-order valence-corrected chi connectivity index (χ0v) is 15.3. The van der Waals surface area contributed by atoms with Crippen molar-refractivity contribution in [3.63, 3.8) is 0 Å². The molecule has 142 valence electrons. The lowest BCUT2D eigenvalue weighted by molar-refractivity contribution is 0.414.